The first-order valence-corrected chi connectivity index (χ1v) is 3.98. The molecular weight excluding hydrogens is 136 g/mol. The van der Waals surface area contributed by atoms with Crippen LogP contribution in [-0.2, 0) is 4.74 Å². The maximum atomic E-state index is 5.45. The lowest BCUT2D eigenvalue weighted by Gasteiger charge is -2.32. The van der Waals surface area contributed by atoms with Crippen LogP contribution in [0.15, 0.2) is 23.3 Å². The predicted octanol–water partition coefficient (Wildman–Crippen LogP) is 2.69. The third-order valence-corrected chi connectivity index (χ3v) is 2.52. The van der Waals surface area contributed by atoms with Crippen LogP contribution in [0, 0.1) is 0 Å². The van der Waals surface area contributed by atoms with Gasteiger partial charge in [-0.15, -0.1) is 0 Å². The van der Waals surface area contributed by atoms with Crippen LogP contribution in [0.4, 0.5) is 0 Å². The molecule has 1 aliphatic rings. The Balaban J connectivity index is 2.89. The first-order valence-electron chi connectivity index (χ1n) is 3.98. The maximum Gasteiger partial charge on any atom is 0.0896 e. The van der Waals surface area contributed by atoms with Crippen molar-refractivity contribution in [2.75, 3.05) is 7.11 Å². The van der Waals surface area contributed by atoms with Gasteiger partial charge < -0.3 is 4.74 Å². The highest BCUT2D eigenvalue weighted by Gasteiger charge is 2.27. The minimum atomic E-state index is -0.0567. The van der Waals surface area contributed by atoms with Crippen LogP contribution >= 0.6 is 0 Å². The normalized spacial score (nSPS) is 31.3. The van der Waals surface area contributed by atoms with Crippen molar-refractivity contribution >= 4 is 0 Å². The molecular formula is C10H16O. The fourth-order valence-corrected chi connectivity index (χ4v) is 1.41. The van der Waals surface area contributed by atoms with Gasteiger partial charge in [-0.2, -0.15) is 0 Å². The summed E-state index contributed by atoms with van der Waals surface area (Å²) in [5, 5.41) is 0. The molecule has 0 N–H and O–H groups in total. The SMILES string of the molecule is COC1(C)CC(C)=CC=C1C. The van der Waals surface area contributed by atoms with E-state index in [1.165, 1.54) is 11.1 Å². The summed E-state index contributed by atoms with van der Waals surface area (Å²) in [6.45, 7) is 6.39. The number of ether oxygens (including phenoxy) is 1. The molecule has 1 nitrogen and oxygen atoms in total. The fraction of sp³-hybridized carbons (Fsp3) is 0.600. The zero-order valence-corrected chi connectivity index (χ0v) is 7.77. The van der Waals surface area contributed by atoms with Crippen LogP contribution in [0.1, 0.15) is 27.2 Å². The van der Waals surface area contributed by atoms with E-state index >= 15 is 0 Å². The molecule has 0 radical (unpaired) electrons. The van der Waals surface area contributed by atoms with E-state index in [1.54, 1.807) is 7.11 Å². The van der Waals surface area contributed by atoms with Gasteiger partial charge in [0.2, 0.25) is 0 Å². The number of allylic oxidation sites excluding steroid dienone is 2. The quantitative estimate of drug-likeness (QED) is 0.561. The van der Waals surface area contributed by atoms with E-state index in [2.05, 4.69) is 32.9 Å². The molecule has 1 unspecified atom stereocenters. The lowest BCUT2D eigenvalue weighted by molar-refractivity contribution is 0.0375. The van der Waals surface area contributed by atoms with Crippen LogP contribution in [0.5, 0.6) is 0 Å². The molecule has 11 heavy (non-hydrogen) atoms. The van der Waals surface area contributed by atoms with Crippen molar-refractivity contribution in [2.45, 2.75) is 32.8 Å². The van der Waals surface area contributed by atoms with Crippen molar-refractivity contribution in [3.8, 4) is 0 Å². The standard InChI is InChI=1S/C10H16O/c1-8-5-6-9(2)10(3,7-8)11-4/h5-6H,7H2,1-4H3. The molecule has 0 amide bonds. The summed E-state index contributed by atoms with van der Waals surface area (Å²) in [6.07, 6.45) is 5.32. The smallest absolute Gasteiger partial charge is 0.0896 e. The molecule has 1 rings (SSSR count). The van der Waals surface area contributed by atoms with Crippen LogP contribution in [0.3, 0.4) is 0 Å². The Morgan fingerprint density at radius 3 is 2.45 bits per heavy atom. The maximum absolute atomic E-state index is 5.45. The molecule has 0 spiro atoms. The van der Waals surface area contributed by atoms with E-state index in [-0.39, 0.29) is 5.60 Å². The first kappa shape index (κ1) is 8.54. The number of hydrogen-bond acceptors (Lipinski definition) is 1. The molecule has 0 saturated carbocycles. The van der Waals surface area contributed by atoms with Gasteiger partial charge in [0.05, 0.1) is 5.60 Å². The van der Waals surface area contributed by atoms with Gasteiger partial charge in [-0.05, 0) is 26.3 Å². The van der Waals surface area contributed by atoms with Crippen molar-refractivity contribution in [1.82, 2.24) is 0 Å². The van der Waals surface area contributed by atoms with E-state index in [4.69, 9.17) is 4.74 Å². The summed E-state index contributed by atoms with van der Waals surface area (Å²) >= 11 is 0. The summed E-state index contributed by atoms with van der Waals surface area (Å²) in [5.41, 5.74) is 2.64. The Morgan fingerprint density at radius 2 is 2.00 bits per heavy atom. The lowest BCUT2D eigenvalue weighted by atomic mass is 9.85. The Labute approximate surface area is 68.8 Å². The van der Waals surface area contributed by atoms with Crippen LogP contribution in [0.2, 0.25) is 0 Å². The van der Waals surface area contributed by atoms with Gasteiger partial charge >= 0.3 is 0 Å². The molecule has 0 aliphatic heterocycles. The summed E-state index contributed by atoms with van der Waals surface area (Å²) in [5.74, 6) is 0. The molecule has 62 valence electrons. The Hall–Kier alpha value is -0.560. The molecule has 1 aliphatic carbocycles. The molecule has 0 fully saturated rings. The van der Waals surface area contributed by atoms with Gasteiger partial charge in [0, 0.05) is 13.5 Å². The van der Waals surface area contributed by atoms with E-state index in [9.17, 15) is 0 Å². The molecule has 0 heterocycles. The highest BCUT2D eigenvalue weighted by atomic mass is 16.5. The largest absolute Gasteiger partial charge is 0.374 e. The number of hydrogen-bond donors (Lipinski definition) is 0. The van der Waals surface area contributed by atoms with Gasteiger partial charge in [0.15, 0.2) is 0 Å². The highest BCUT2D eigenvalue weighted by Crippen LogP contribution is 2.31. The van der Waals surface area contributed by atoms with Crippen LogP contribution in [0.25, 0.3) is 0 Å². The summed E-state index contributed by atoms with van der Waals surface area (Å²) in [7, 11) is 1.77. The van der Waals surface area contributed by atoms with Crippen molar-refractivity contribution in [2.24, 2.45) is 0 Å². The van der Waals surface area contributed by atoms with Crippen LogP contribution in [-0.4, -0.2) is 12.7 Å². The van der Waals surface area contributed by atoms with E-state index in [1.807, 2.05) is 0 Å². The average Bonchev–Trinajstić information content (AvgIpc) is 1.98. The zero-order valence-electron chi connectivity index (χ0n) is 7.77. The topological polar surface area (TPSA) is 9.23 Å². The number of rotatable bonds is 1. The molecule has 0 aromatic carbocycles. The van der Waals surface area contributed by atoms with Crippen molar-refractivity contribution < 1.29 is 4.74 Å². The fourth-order valence-electron chi connectivity index (χ4n) is 1.41. The Morgan fingerprint density at radius 1 is 1.36 bits per heavy atom. The lowest BCUT2D eigenvalue weighted by Crippen LogP contribution is -2.30. The monoisotopic (exact) mass is 152 g/mol. The molecule has 0 bridgehead atoms. The van der Waals surface area contributed by atoms with E-state index < -0.39 is 0 Å². The summed E-state index contributed by atoms with van der Waals surface area (Å²) in [4.78, 5) is 0. The molecule has 0 aromatic heterocycles. The molecule has 1 atom stereocenters. The number of methoxy groups -OCH3 is 1. The van der Waals surface area contributed by atoms with Gasteiger partial charge in [0.1, 0.15) is 0 Å². The summed E-state index contributed by atoms with van der Waals surface area (Å²) < 4.78 is 5.45. The zero-order chi connectivity index (χ0) is 8.48. The summed E-state index contributed by atoms with van der Waals surface area (Å²) in [6, 6.07) is 0. The minimum absolute atomic E-state index is 0.0567. The Kier molecular flexibility index (Phi) is 2.19. The highest BCUT2D eigenvalue weighted by molar-refractivity contribution is 5.30. The van der Waals surface area contributed by atoms with Crippen molar-refractivity contribution in [1.29, 1.82) is 0 Å². The van der Waals surface area contributed by atoms with Crippen molar-refractivity contribution in [3.63, 3.8) is 0 Å². The predicted molar refractivity (Wildman–Crippen MR) is 47.5 cm³/mol. The third kappa shape index (κ3) is 1.54. The van der Waals surface area contributed by atoms with Gasteiger partial charge in [-0.1, -0.05) is 17.7 Å². The van der Waals surface area contributed by atoms with E-state index in [0.29, 0.717) is 0 Å². The molecule has 0 aromatic rings. The second kappa shape index (κ2) is 2.82. The molecule has 1 heteroatoms. The minimum Gasteiger partial charge on any atom is -0.374 e. The van der Waals surface area contributed by atoms with Crippen LogP contribution < -0.4 is 0 Å². The second-order valence-electron chi connectivity index (χ2n) is 3.47. The Bertz CT molecular complexity index is 213. The average molecular weight is 152 g/mol. The van der Waals surface area contributed by atoms with Gasteiger partial charge in [0.25, 0.3) is 0 Å². The van der Waals surface area contributed by atoms with Gasteiger partial charge in [-0.25, -0.2) is 0 Å². The first-order chi connectivity index (χ1) is 5.08. The van der Waals surface area contributed by atoms with Crippen molar-refractivity contribution in [3.05, 3.63) is 23.3 Å². The van der Waals surface area contributed by atoms with E-state index in [0.717, 1.165) is 6.42 Å². The second-order valence-corrected chi connectivity index (χ2v) is 3.47. The molecule has 0 saturated heterocycles. The third-order valence-electron chi connectivity index (χ3n) is 2.52. The van der Waals surface area contributed by atoms with Gasteiger partial charge in [-0.3, -0.25) is 0 Å².